The first-order chi connectivity index (χ1) is 17.5. The summed E-state index contributed by atoms with van der Waals surface area (Å²) in [6.07, 6.45) is -0.248. The van der Waals surface area contributed by atoms with Gasteiger partial charge in [-0.05, 0) is 49.2 Å². The molecule has 1 atom stereocenters. The number of carbonyl (C=O) groups is 2. The van der Waals surface area contributed by atoms with Crippen LogP contribution in [0.5, 0.6) is 23.0 Å². The van der Waals surface area contributed by atoms with Gasteiger partial charge in [0, 0.05) is 6.07 Å². The van der Waals surface area contributed by atoms with Gasteiger partial charge in [-0.1, -0.05) is 12.1 Å². The van der Waals surface area contributed by atoms with Crippen LogP contribution in [0.2, 0.25) is 0 Å². The monoisotopic (exact) mass is 520 g/mol. The molecular weight excluding hydrogens is 503 g/mol. The normalized spacial score (nSPS) is 14.3. The summed E-state index contributed by atoms with van der Waals surface area (Å²) in [5, 5.41) is 0. The van der Waals surface area contributed by atoms with E-state index in [1.807, 2.05) is 0 Å². The van der Waals surface area contributed by atoms with Gasteiger partial charge in [-0.3, -0.25) is 4.79 Å². The fourth-order valence-electron chi connectivity index (χ4n) is 3.50. The van der Waals surface area contributed by atoms with Crippen molar-refractivity contribution >= 4 is 17.8 Å². The van der Waals surface area contributed by atoms with Gasteiger partial charge in [0.05, 0.1) is 12.7 Å². The second kappa shape index (κ2) is 9.92. The van der Waals surface area contributed by atoms with Gasteiger partial charge in [0.1, 0.15) is 17.2 Å². The van der Waals surface area contributed by atoms with Gasteiger partial charge in [0.2, 0.25) is 34.9 Å². The summed E-state index contributed by atoms with van der Waals surface area (Å²) in [7, 11) is 1.52. The summed E-state index contributed by atoms with van der Waals surface area (Å²) in [4.78, 5) is 25.3. The maximum Gasteiger partial charge on any atom is 0.352 e. The molecule has 1 aliphatic rings. The smallest absolute Gasteiger partial charge is 0.352 e. The van der Waals surface area contributed by atoms with Gasteiger partial charge >= 0.3 is 5.97 Å². The first-order valence-electron chi connectivity index (χ1n) is 10.6. The average Bonchev–Trinajstić information content (AvgIpc) is 3.19. The van der Waals surface area contributed by atoms with Crippen LogP contribution >= 0.6 is 0 Å². The number of aryl methyl sites for hydroxylation is 1. The summed E-state index contributed by atoms with van der Waals surface area (Å²) >= 11 is 0. The fourth-order valence-corrected chi connectivity index (χ4v) is 3.50. The molecule has 0 aliphatic carbocycles. The van der Waals surface area contributed by atoms with E-state index < -0.39 is 52.7 Å². The molecule has 0 radical (unpaired) electrons. The van der Waals surface area contributed by atoms with Crippen LogP contribution in [-0.4, -0.2) is 25.0 Å². The number of carbonyl (C=O) groups excluding carboxylic acids is 2. The third-order valence-corrected chi connectivity index (χ3v) is 5.37. The van der Waals surface area contributed by atoms with Gasteiger partial charge in [0.15, 0.2) is 17.6 Å². The minimum atomic E-state index is -2.36. The van der Waals surface area contributed by atoms with E-state index in [1.54, 1.807) is 31.2 Å². The molecule has 3 aromatic carbocycles. The molecule has 6 nitrogen and oxygen atoms in total. The zero-order valence-electron chi connectivity index (χ0n) is 19.5. The number of hydrogen-bond acceptors (Lipinski definition) is 6. The van der Waals surface area contributed by atoms with Crippen molar-refractivity contribution in [3.05, 3.63) is 87.9 Å². The molecule has 0 fully saturated rings. The number of esters is 1. The van der Waals surface area contributed by atoms with Crippen LogP contribution in [0.25, 0.3) is 6.08 Å². The Morgan fingerprint density at radius 1 is 0.919 bits per heavy atom. The summed E-state index contributed by atoms with van der Waals surface area (Å²) in [6, 6.07) is 9.45. The highest BCUT2D eigenvalue weighted by Crippen LogP contribution is 2.38. The van der Waals surface area contributed by atoms with Gasteiger partial charge in [-0.25, -0.2) is 18.0 Å². The van der Waals surface area contributed by atoms with E-state index in [-0.39, 0.29) is 22.8 Å². The van der Waals surface area contributed by atoms with Crippen LogP contribution in [-0.2, 0) is 4.79 Å². The number of hydrogen-bond donors (Lipinski definition) is 0. The van der Waals surface area contributed by atoms with E-state index in [2.05, 4.69) is 0 Å². The lowest BCUT2D eigenvalue weighted by molar-refractivity contribution is -0.141. The lowest BCUT2D eigenvalue weighted by Gasteiger charge is -2.16. The lowest BCUT2D eigenvalue weighted by Crippen LogP contribution is -2.29. The zero-order chi connectivity index (χ0) is 27.0. The second-order valence-corrected chi connectivity index (χ2v) is 7.91. The van der Waals surface area contributed by atoms with Crippen LogP contribution in [0.15, 0.2) is 42.2 Å². The average molecular weight is 520 g/mol. The largest absolute Gasteiger partial charge is 0.497 e. The van der Waals surface area contributed by atoms with E-state index in [4.69, 9.17) is 18.9 Å². The van der Waals surface area contributed by atoms with Crippen molar-refractivity contribution in [2.75, 3.05) is 7.11 Å². The van der Waals surface area contributed by atoms with Crippen LogP contribution in [0.3, 0.4) is 0 Å². The number of rotatable bonds is 6. The number of benzene rings is 3. The Kier molecular flexibility index (Phi) is 6.88. The molecule has 0 saturated carbocycles. The molecule has 192 valence electrons. The number of ether oxygens (including phenoxy) is 4. The molecule has 0 aromatic heterocycles. The van der Waals surface area contributed by atoms with Crippen molar-refractivity contribution in [2.45, 2.75) is 20.0 Å². The molecule has 0 spiro atoms. The number of allylic oxidation sites excluding steroid dienone is 1. The Bertz CT molecular complexity index is 1420. The van der Waals surface area contributed by atoms with Crippen LogP contribution in [0, 0.1) is 36.0 Å². The minimum absolute atomic E-state index is 0.0229. The number of halogens is 5. The molecular formula is C26H17F5O6. The summed E-state index contributed by atoms with van der Waals surface area (Å²) in [6.45, 7) is 2.57. The van der Waals surface area contributed by atoms with Crippen molar-refractivity contribution in [3.8, 4) is 23.0 Å². The summed E-state index contributed by atoms with van der Waals surface area (Å²) in [5.74, 6) is -13.8. The molecule has 0 N–H and O–H groups in total. The maximum atomic E-state index is 13.9. The second-order valence-electron chi connectivity index (χ2n) is 7.91. The molecule has 0 amide bonds. The number of Topliss-reactive ketones (excluding diaryl/α,β-unsaturated/α-hetero) is 1. The van der Waals surface area contributed by atoms with Crippen molar-refractivity contribution in [1.29, 1.82) is 0 Å². The Labute approximate surface area is 206 Å². The Balaban J connectivity index is 1.52. The fraction of sp³-hybridized carbons (Fsp3) is 0.154. The Hall–Kier alpha value is -4.41. The molecule has 1 unspecified atom stereocenters. The van der Waals surface area contributed by atoms with E-state index in [0.29, 0.717) is 16.9 Å². The topological polar surface area (TPSA) is 71.1 Å². The number of methoxy groups -OCH3 is 1. The third kappa shape index (κ3) is 4.84. The number of fused-ring (bicyclic) bond motifs is 1. The van der Waals surface area contributed by atoms with Gasteiger partial charge in [-0.15, -0.1) is 0 Å². The molecule has 11 heteroatoms. The first-order valence-corrected chi connectivity index (χ1v) is 10.6. The lowest BCUT2D eigenvalue weighted by atomic mass is 10.0. The Morgan fingerprint density at radius 3 is 2.11 bits per heavy atom. The van der Waals surface area contributed by atoms with Crippen molar-refractivity contribution in [3.63, 3.8) is 0 Å². The van der Waals surface area contributed by atoms with E-state index in [9.17, 15) is 31.5 Å². The third-order valence-electron chi connectivity index (χ3n) is 5.37. The van der Waals surface area contributed by atoms with E-state index in [1.165, 1.54) is 25.3 Å². The van der Waals surface area contributed by atoms with E-state index in [0.717, 1.165) is 6.92 Å². The highest BCUT2D eigenvalue weighted by atomic mass is 19.2. The highest BCUT2D eigenvalue weighted by Gasteiger charge is 2.32. The van der Waals surface area contributed by atoms with Gasteiger partial charge in [-0.2, -0.15) is 8.78 Å². The predicted molar refractivity (Wildman–Crippen MR) is 119 cm³/mol. The Morgan fingerprint density at radius 2 is 1.51 bits per heavy atom. The maximum absolute atomic E-state index is 13.9. The molecule has 4 rings (SSSR count). The van der Waals surface area contributed by atoms with Crippen molar-refractivity contribution in [1.82, 2.24) is 0 Å². The predicted octanol–water partition coefficient (Wildman–Crippen LogP) is 5.69. The summed E-state index contributed by atoms with van der Waals surface area (Å²) < 4.78 is 88.3. The molecule has 0 saturated heterocycles. The first kappa shape index (κ1) is 25.7. The highest BCUT2D eigenvalue weighted by molar-refractivity contribution is 6.15. The number of ketones is 1. The molecule has 1 heterocycles. The standard InChI is InChI=1S/C26H17F5O6/c1-11-8-15(36-26(33)12(2)35-25-22(30)20(28)19(27)21(29)23(25)31)10-16-18(11)24(32)17(37-16)9-13-4-6-14(34-3)7-5-13/h4-10,12H,1-3H3/b17-9-. The van der Waals surface area contributed by atoms with Crippen LogP contribution < -0.4 is 18.9 Å². The van der Waals surface area contributed by atoms with Crippen molar-refractivity contribution < 1.29 is 50.5 Å². The van der Waals surface area contributed by atoms with Crippen LogP contribution in [0.1, 0.15) is 28.4 Å². The minimum Gasteiger partial charge on any atom is -0.497 e. The van der Waals surface area contributed by atoms with E-state index >= 15 is 0 Å². The van der Waals surface area contributed by atoms with Gasteiger partial charge in [0.25, 0.3) is 0 Å². The van der Waals surface area contributed by atoms with Gasteiger partial charge < -0.3 is 18.9 Å². The quantitative estimate of drug-likeness (QED) is 0.104. The van der Waals surface area contributed by atoms with Crippen molar-refractivity contribution in [2.24, 2.45) is 0 Å². The molecule has 1 aliphatic heterocycles. The van der Waals surface area contributed by atoms with Crippen LogP contribution in [0.4, 0.5) is 22.0 Å². The summed E-state index contributed by atoms with van der Waals surface area (Å²) in [5.41, 5.74) is 1.31. The SMILES string of the molecule is COc1ccc(/C=C2\Oc3cc(OC(=O)C(C)Oc4c(F)c(F)c(F)c(F)c4F)cc(C)c3C2=O)cc1. The molecule has 3 aromatic rings. The molecule has 0 bridgehead atoms. The zero-order valence-corrected chi connectivity index (χ0v) is 19.5. The molecule has 37 heavy (non-hydrogen) atoms.